The number of anilines is 2. The Balaban J connectivity index is 1.49. The van der Waals surface area contributed by atoms with Gasteiger partial charge in [0.1, 0.15) is 0 Å². The monoisotopic (exact) mass is 346 g/mol. The van der Waals surface area contributed by atoms with E-state index in [2.05, 4.69) is 39.3 Å². The second kappa shape index (κ2) is 7.14. The number of carbonyl (C=O) groups excluding carboxylic acids is 1. The molecule has 2 aromatic carbocycles. The first kappa shape index (κ1) is 16.5. The number of nitrogens with zero attached hydrogens (tertiary/aromatic N) is 3. The maximum atomic E-state index is 12.7. The van der Waals surface area contributed by atoms with Crippen molar-refractivity contribution < 1.29 is 4.79 Å². The molecule has 4 rings (SSSR count). The molecule has 1 fully saturated rings. The van der Waals surface area contributed by atoms with Crippen molar-refractivity contribution in [3.05, 3.63) is 66.4 Å². The molecule has 0 spiro atoms. The first-order valence-electron chi connectivity index (χ1n) is 8.89. The summed E-state index contributed by atoms with van der Waals surface area (Å²) < 4.78 is 0. The van der Waals surface area contributed by atoms with Crippen LogP contribution in [0.5, 0.6) is 0 Å². The Morgan fingerprint density at radius 3 is 2.46 bits per heavy atom. The van der Waals surface area contributed by atoms with E-state index in [-0.39, 0.29) is 5.91 Å². The number of piperazine rings is 1. The van der Waals surface area contributed by atoms with Crippen molar-refractivity contribution in [2.45, 2.75) is 0 Å². The standard InChI is InChI=1S/C21H22N4O/c1-24-12-14-25(15-13-24)18-9-7-17(8-10-18)23-21(26)19-6-2-4-16-5-3-11-22-20(16)19/h2-11H,12-15H2,1H3,(H,23,26). The van der Waals surface area contributed by atoms with Crippen LogP contribution in [0.25, 0.3) is 10.9 Å². The van der Waals surface area contributed by atoms with Crippen molar-refractivity contribution >= 4 is 28.2 Å². The van der Waals surface area contributed by atoms with Crippen LogP contribution in [0.4, 0.5) is 11.4 Å². The van der Waals surface area contributed by atoms with Gasteiger partial charge in [-0.1, -0.05) is 18.2 Å². The van der Waals surface area contributed by atoms with Crippen LogP contribution in [-0.2, 0) is 0 Å². The molecular formula is C21H22N4O. The van der Waals surface area contributed by atoms with E-state index in [4.69, 9.17) is 0 Å². The molecule has 0 aliphatic carbocycles. The molecule has 132 valence electrons. The van der Waals surface area contributed by atoms with Gasteiger partial charge < -0.3 is 15.1 Å². The summed E-state index contributed by atoms with van der Waals surface area (Å²) in [4.78, 5) is 21.7. The van der Waals surface area contributed by atoms with Crippen LogP contribution < -0.4 is 10.2 Å². The third kappa shape index (κ3) is 3.39. The summed E-state index contributed by atoms with van der Waals surface area (Å²) in [6, 6.07) is 17.6. The topological polar surface area (TPSA) is 48.5 Å². The second-order valence-electron chi connectivity index (χ2n) is 6.67. The minimum atomic E-state index is -0.137. The number of fused-ring (bicyclic) bond motifs is 1. The lowest BCUT2D eigenvalue weighted by molar-refractivity contribution is 0.102. The molecule has 2 heterocycles. The van der Waals surface area contributed by atoms with Gasteiger partial charge in [-0.3, -0.25) is 9.78 Å². The highest BCUT2D eigenvalue weighted by Gasteiger charge is 2.15. The highest BCUT2D eigenvalue weighted by molar-refractivity contribution is 6.11. The van der Waals surface area contributed by atoms with Crippen LogP contribution in [0.1, 0.15) is 10.4 Å². The Morgan fingerprint density at radius 1 is 0.962 bits per heavy atom. The molecule has 3 aromatic rings. The number of hydrogen-bond donors (Lipinski definition) is 1. The Kier molecular flexibility index (Phi) is 4.54. The summed E-state index contributed by atoms with van der Waals surface area (Å²) in [5.41, 5.74) is 3.30. The average Bonchev–Trinajstić information content (AvgIpc) is 2.69. The van der Waals surface area contributed by atoms with Crippen LogP contribution in [0.2, 0.25) is 0 Å². The maximum absolute atomic E-state index is 12.7. The number of pyridine rings is 1. The van der Waals surface area contributed by atoms with E-state index in [1.807, 2.05) is 42.5 Å². The van der Waals surface area contributed by atoms with Gasteiger partial charge >= 0.3 is 0 Å². The second-order valence-corrected chi connectivity index (χ2v) is 6.67. The largest absolute Gasteiger partial charge is 0.369 e. The molecule has 26 heavy (non-hydrogen) atoms. The lowest BCUT2D eigenvalue weighted by Crippen LogP contribution is -2.44. The first-order chi connectivity index (χ1) is 12.7. The Labute approximate surface area is 153 Å². The van der Waals surface area contributed by atoms with Gasteiger partial charge in [-0.05, 0) is 43.4 Å². The van der Waals surface area contributed by atoms with E-state index in [1.54, 1.807) is 6.20 Å². The number of likely N-dealkylation sites (N-methyl/N-ethyl adjacent to an activating group) is 1. The van der Waals surface area contributed by atoms with E-state index in [1.165, 1.54) is 5.69 Å². The van der Waals surface area contributed by atoms with Crippen molar-refractivity contribution in [3.63, 3.8) is 0 Å². The van der Waals surface area contributed by atoms with Crippen LogP contribution >= 0.6 is 0 Å². The minimum absolute atomic E-state index is 0.137. The van der Waals surface area contributed by atoms with Crippen LogP contribution in [0.15, 0.2) is 60.8 Å². The number of aromatic nitrogens is 1. The zero-order chi connectivity index (χ0) is 17.9. The van der Waals surface area contributed by atoms with Gasteiger partial charge in [0.05, 0.1) is 11.1 Å². The maximum Gasteiger partial charge on any atom is 0.257 e. The fourth-order valence-electron chi connectivity index (χ4n) is 3.31. The predicted molar refractivity (Wildman–Crippen MR) is 106 cm³/mol. The summed E-state index contributed by atoms with van der Waals surface area (Å²) in [6.45, 7) is 4.22. The lowest BCUT2D eigenvalue weighted by atomic mass is 10.1. The quantitative estimate of drug-likeness (QED) is 0.791. The van der Waals surface area contributed by atoms with Gasteiger partial charge in [0.2, 0.25) is 0 Å². The molecule has 0 saturated carbocycles. The van der Waals surface area contributed by atoms with Crippen molar-refractivity contribution in [1.82, 2.24) is 9.88 Å². The molecule has 5 heteroatoms. The van der Waals surface area contributed by atoms with Gasteiger partial charge in [0.15, 0.2) is 0 Å². The number of carbonyl (C=O) groups is 1. The van der Waals surface area contributed by atoms with Gasteiger partial charge in [-0.15, -0.1) is 0 Å². The Morgan fingerprint density at radius 2 is 1.69 bits per heavy atom. The lowest BCUT2D eigenvalue weighted by Gasteiger charge is -2.34. The first-order valence-corrected chi connectivity index (χ1v) is 8.89. The smallest absolute Gasteiger partial charge is 0.257 e. The molecular weight excluding hydrogens is 324 g/mol. The van der Waals surface area contributed by atoms with Crippen molar-refractivity contribution in [2.75, 3.05) is 43.4 Å². The van der Waals surface area contributed by atoms with Crippen LogP contribution in [0.3, 0.4) is 0 Å². The predicted octanol–water partition coefficient (Wildman–Crippen LogP) is 3.24. The summed E-state index contributed by atoms with van der Waals surface area (Å²) in [6.07, 6.45) is 1.71. The zero-order valence-electron chi connectivity index (χ0n) is 14.9. The van der Waals surface area contributed by atoms with E-state index < -0.39 is 0 Å². The van der Waals surface area contributed by atoms with Gasteiger partial charge in [-0.2, -0.15) is 0 Å². The average molecular weight is 346 g/mol. The molecule has 0 atom stereocenters. The summed E-state index contributed by atoms with van der Waals surface area (Å²) in [7, 11) is 2.15. The van der Waals surface area contributed by atoms with E-state index in [0.29, 0.717) is 5.56 Å². The fraction of sp³-hybridized carbons (Fsp3) is 0.238. The van der Waals surface area contributed by atoms with Crippen LogP contribution in [-0.4, -0.2) is 49.0 Å². The van der Waals surface area contributed by atoms with E-state index in [0.717, 1.165) is 42.8 Å². The summed E-state index contributed by atoms with van der Waals surface area (Å²) in [5.74, 6) is -0.137. The molecule has 1 aliphatic heterocycles. The van der Waals surface area contributed by atoms with Crippen molar-refractivity contribution in [2.24, 2.45) is 0 Å². The van der Waals surface area contributed by atoms with Gasteiger partial charge in [0, 0.05) is 49.1 Å². The van der Waals surface area contributed by atoms with E-state index >= 15 is 0 Å². The number of benzene rings is 2. The normalized spacial score (nSPS) is 15.2. The molecule has 0 radical (unpaired) electrons. The summed E-state index contributed by atoms with van der Waals surface area (Å²) >= 11 is 0. The molecule has 1 aromatic heterocycles. The number of hydrogen-bond acceptors (Lipinski definition) is 4. The molecule has 1 amide bonds. The molecule has 1 saturated heterocycles. The molecule has 1 aliphatic rings. The SMILES string of the molecule is CN1CCN(c2ccc(NC(=O)c3cccc4cccnc34)cc2)CC1. The molecule has 5 nitrogen and oxygen atoms in total. The summed E-state index contributed by atoms with van der Waals surface area (Å²) in [5, 5.41) is 3.95. The van der Waals surface area contributed by atoms with Gasteiger partial charge in [-0.25, -0.2) is 0 Å². The van der Waals surface area contributed by atoms with Gasteiger partial charge in [0.25, 0.3) is 5.91 Å². The van der Waals surface area contributed by atoms with E-state index in [9.17, 15) is 4.79 Å². The molecule has 0 unspecified atom stereocenters. The molecule has 0 bridgehead atoms. The Hall–Kier alpha value is -2.92. The number of nitrogens with one attached hydrogen (secondary N) is 1. The Bertz CT molecular complexity index is 909. The highest BCUT2D eigenvalue weighted by atomic mass is 16.1. The van der Waals surface area contributed by atoms with Crippen molar-refractivity contribution in [1.29, 1.82) is 0 Å². The number of amides is 1. The fourth-order valence-corrected chi connectivity index (χ4v) is 3.31. The number of para-hydroxylation sites is 1. The van der Waals surface area contributed by atoms with Crippen LogP contribution in [0, 0.1) is 0 Å². The zero-order valence-corrected chi connectivity index (χ0v) is 14.9. The third-order valence-electron chi connectivity index (χ3n) is 4.87. The third-order valence-corrected chi connectivity index (χ3v) is 4.87. The van der Waals surface area contributed by atoms with Crippen molar-refractivity contribution in [3.8, 4) is 0 Å². The number of rotatable bonds is 3. The minimum Gasteiger partial charge on any atom is -0.369 e. The molecule has 1 N–H and O–H groups in total. The highest BCUT2D eigenvalue weighted by Crippen LogP contribution is 2.21.